The first-order valence-corrected chi connectivity index (χ1v) is 6.20. The third-order valence-corrected chi connectivity index (χ3v) is 2.77. The van der Waals surface area contributed by atoms with E-state index in [9.17, 15) is 9.59 Å². The van der Waals surface area contributed by atoms with E-state index in [2.05, 4.69) is 10.4 Å². The number of nitrogens with one attached hydrogen (secondary N) is 1. The molecule has 2 heterocycles. The quantitative estimate of drug-likeness (QED) is 0.763. The molecule has 2 N–H and O–H groups in total. The summed E-state index contributed by atoms with van der Waals surface area (Å²) in [5.41, 5.74) is 0. The summed E-state index contributed by atoms with van der Waals surface area (Å²) in [5, 5.41) is 15.3. The summed E-state index contributed by atoms with van der Waals surface area (Å²) in [6.07, 6.45) is 2.33. The summed E-state index contributed by atoms with van der Waals surface area (Å²) >= 11 is 0. The SMILES string of the molecule is COC(CNC(=O)c1ccc(Cn2cccn2)o1)C(=O)O. The lowest BCUT2D eigenvalue weighted by Gasteiger charge is -2.10. The number of ether oxygens (including phenoxy) is 1. The van der Waals surface area contributed by atoms with Crippen molar-refractivity contribution in [2.75, 3.05) is 13.7 Å². The number of rotatable bonds is 7. The maximum absolute atomic E-state index is 11.8. The Labute approximate surface area is 120 Å². The second-order valence-electron chi connectivity index (χ2n) is 4.24. The molecule has 0 saturated carbocycles. The van der Waals surface area contributed by atoms with Crippen LogP contribution in [0.5, 0.6) is 0 Å². The zero-order valence-corrected chi connectivity index (χ0v) is 11.4. The van der Waals surface area contributed by atoms with Crippen LogP contribution in [-0.4, -0.2) is 46.5 Å². The zero-order valence-electron chi connectivity index (χ0n) is 11.4. The van der Waals surface area contributed by atoms with Crippen LogP contribution in [0.3, 0.4) is 0 Å². The molecule has 112 valence electrons. The molecule has 0 saturated heterocycles. The van der Waals surface area contributed by atoms with Crippen molar-refractivity contribution in [3.05, 3.63) is 42.1 Å². The first-order chi connectivity index (χ1) is 10.1. The van der Waals surface area contributed by atoms with Crippen molar-refractivity contribution in [1.29, 1.82) is 0 Å². The predicted molar refractivity (Wildman–Crippen MR) is 70.8 cm³/mol. The van der Waals surface area contributed by atoms with E-state index in [1.807, 2.05) is 0 Å². The van der Waals surface area contributed by atoms with Gasteiger partial charge in [0.05, 0.1) is 13.1 Å². The van der Waals surface area contributed by atoms with Crippen LogP contribution in [0.15, 0.2) is 35.0 Å². The number of methoxy groups -OCH3 is 1. The molecule has 0 fully saturated rings. The molecule has 0 spiro atoms. The van der Waals surface area contributed by atoms with Gasteiger partial charge in [-0.2, -0.15) is 5.10 Å². The third-order valence-electron chi connectivity index (χ3n) is 2.77. The van der Waals surface area contributed by atoms with Gasteiger partial charge in [-0.05, 0) is 18.2 Å². The van der Waals surface area contributed by atoms with Crippen LogP contribution < -0.4 is 5.32 Å². The van der Waals surface area contributed by atoms with Crippen molar-refractivity contribution in [2.45, 2.75) is 12.6 Å². The molecular formula is C13H15N3O5. The van der Waals surface area contributed by atoms with Gasteiger partial charge in [0.1, 0.15) is 5.76 Å². The highest BCUT2D eigenvalue weighted by atomic mass is 16.5. The minimum absolute atomic E-state index is 0.109. The van der Waals surface area contributed by atoms with Crippen LogP contribution in [0, 0.1) is 0 Å². The number of carbonyl (C=O) groups is 2. The monoisotopic (exact) mass is 293 g/mol. The van der Waals surface area contributed by atoms with E-state index in [0.717, 1.165) is 0 Å². The molecule has 8 heteroatoms. The predicted octanol–water partition coefficient (Wildman–Crippen LogP) is 0.354. The van der Waals surface area contributed by atoms with Gasteiger partial charge in [0.15, 0.2) is 11.9 Å². The van der Waals surface area contributed by atoms with Gasteiger partial charge in [0.25, 0.3) is 5.91 Å². The van der Waals surface area contributed by atoms with Gasteiger partial charge in [-0.25, -0.2) is 4.79 Å². The Kier molecular flexibility index (Phi) is 4.72. The van der Waals surface area contributed by atoms with Gasteiger partial charge in [0, 0.05) is 19.5 Å². The number of carboxylic acid groups (broad SMARTS) is 1. The molecule has 0 radical (unpaired) electrons. The van der Waals surface area contributed by atoms with Crippen molar-refractivity contribution in [3.8, 4) is 0 Å². The minimum Gasteiger partial charge on any atom is -0.479 e. The fourth-order valence-electron chi connectivity index (χ4n) is 1.68. The van der Waals surface area contributed by atoms with Crippen LogP contribution in [-0.2, 0) is 16.1 Å². The molecule has 21 heavy (non-hydrogen) atoms. The lowest BCUT2D eigenvalue weighted by Crippen LogP contribution is -2.37. The van der Waals surface area contributed by atoms with Gasteiger partial charge in [-0.3, -0.25) is 9.48 Å². The summed E-state index contributed by atoms with van der Waals surface area (Å²) in [4.78, 5) is 22.6. The molecule has 1 amide bonds. The Hall–Kier alpha value is -2.61. The van der Waals surface area contributed by atoms with Crippen molar-refractivity contribution >= 4 is 11.9 Å². The second kappa shape index (κ2) is 6.71. The molecule has 2 rings (SSSR count). The van der Waals surface area contributed by atoms with Crippen LogP contribution in [0.1, 0.15) is 16.3 Å². The molecule has 1 unspecified atom stereocenters. The summed E-state index contributed by atoms with van der Waals surface area (Å²) in [6.45, 7) is 0.274. The average Bonchev–Trinajstić information content (AvgIpc) is 3.11. The molecular weight excluding hydrogens is 278 g/mol. The molecule has 0 aliphatic rings. The van der Waals surface area contributed by atoms with Gasteiger partial charge in [-0.15, -0.1) is 0 Å². The topological polar surface area (TPSA) is 107 Å². The highest BCUT2D eigenvalue weighted by Gasteiger charge is 2.19. The maximum atomic E-state index is 11.8. The van der Waals surface area contributed by atoms with Crippen molar-refractivity contribution in [2.24, 2.45) is 0 Å². The summed E-state index contributed by atoms with van der Waals surface area (Å²) in [5.74, 6) is -0.954. The fraction of sp³-hybridized carbons (Fsp3) is 0.308. The van der Waals surface area contributed by atoms with Gasteiger partial charge >= 0.3 is 5.97 Å². The third kappa shape index (κ3) is 3.93. The van der Waals surface area contributed by atoms with E-state index < -0.39 is 18.0 Å². The van der Waals surface area contributed by atoms with Crippen LogP contribution in [0.2, 0.25) is 0 Å². The number of aromatic nitrogens is 2. The second-order valence-corrected chi connectivity index (χ2v) is 4.24. The van der Waals surface area contributed by atoms with E-state index in [0.29, 0.717) is 12.3 Å². The average molecular weight is 293 g/mol. The van der Waals surface area contributed by atoms with Crippen LogP contribution in [0.4, 0.5) is 0 Å². The molecule has 2 aromatic heterocycles. The number of carboxylic acids is 1. The Morgan fingerprint density at radius 2 is 2.33 bits per heavy atom. The maximum Gasteiger partial charge on any atom is 0.334 e. The smallest absolute Gasteiger partial charge is 0.334 e. The number of amides is 1. The number of hydrogen-bond acceptors (Lipinski definition) is 5. The van der Waals surface area contributed by atoms with E-state index >= 15 is 0 Å². The van der Waals surface area contributed by atoms with E-state index in [1.54, 1.807) is 29.2 Å². The van der Waals surface area contributed by atoms with Gasteiger partial charge in [-0.1, -0.05) is 0 Å². The lowest BCUT2D eigenvalue weighted by molar-refractivity contribution is -0.148. The first kappa shape index (κ1) is 14.8. The first-order valence-electron chi connectivity index (χ1n) is 6.20. The molecule has 0 aromatic carbocycles. The molecule has 0 aliphatic heterocycles. The minimum atomic E-state index is -1.14. The molecule has 0 aliphatic carbocycles. The summed E-state index contributed by atoms with van der Waals surface area (Å²) in [6, 6.07) is 4.98. The highest BCUT2D eigenvalue weighted by Crippen LogP contribution is 2.09. The number of carbonyl (C=O) groups excluding carboxylic acids is 1. The fourth-order valence-corrected chi connectivity index (χ4v) is 1.68. The summed E-state index contributed by atoms with van der Waals surface area (Å²) in [7, 11) is 1.26. The Bertz CT molecular complexity index is 605. The van der Waals surface area contributed by atoms with Crippen LogP contribution in [0.25, 0.3) is 0 Å². The van der Waals surface area contributed by atoms with E-state index in [-0.39, 0.29) is 12.3 Å². The number of furan rings is 1. The normalized spacial score (nSPS) is 12.0. The zero-order chi connectivity index (χ0) is 15.2. The van der Waals surface area contributed by atoms with Crippen molar-refractivity contribution < 1.29 is 23.8 Å². The number of aliphatic carboxylic acids is 1. The largest absolute Gasteiger partial charge is 0.479 e. The van der Waals surface area contributed by atoms with Gasteiger partial charge in [0.2, 0.25) is 0 Å². The highest BCUT2D eigenvalue weighted by molar-refractivity contribution is 5.91. The molecule has 8 nitrogen and oxygen atoms in total. The Morgan fingerprint density at radius 3 is 2.95 bits per heavy atom. The Morgan fingerprint density at radius 1 is 1.52 bits per heavy atom. The van der Waals surface area contributed by atoms with Crippen molar-refractivity contribution in [1.82, 2.24) is 15.1 Å². The van der Waals surface area contributed by atoms with Crippen molar-refractivity contribution in [3.63, 3.8) is 0 Å². The summed E-state index contributed by atoms with van der Waals surface area (Å²) < 4.78 is 11.8. The lowest BCUT2D eigenvalue weighted by atomic mass is 10.3. The Balaban J connectivity index is 1.91. The molecule has 0 bridgehead atoms. The molecule has 1 atom stereocenters. The number of nitrogens with zero attached hydrogens (tertiary/aromatic N) is 2. The van der Waals surface area contributed by atoms with Crippen LogP contribution >= 0.6 is 0 Å². The standard InChI is InChI=1S/C13H15N3O5/c1-20-11(13(18)19)7-14-12(17)10-4-3-9(21-10)8-16-6-2-5-15-16/h2-6,11H,7-8H2,1H3,(H,14,17)(H,18,19). The van der Waals surface area contributed by atoms with E-state index in [4.69, 9.17) is 14.3 Å². The van der Waals surface area contributed by atoms with Gasteiger partial charge < -0.3 is 19.6 Å². The molecule has 2 aromatic rings. The number of hydrogen-bond donors (Lipinski definition) is 2. The van der Waals surface area contributed by atoms with E-state index in [1.165, 1.54) is 13.2 Å².